The van der Waals surface area contributed by atoms with Gasteiger partial charge in [-0.1, -0.05) is 23.2 Å². The number of aliphatic hydroxyl groups is 2. The number of aliphatic hydroxyl groups excluding tert-OH is 2. The molecule has 78 heavy (non-hydrogen) atoms. The zero-order valence-electron chi connectivity index (χ0n) is 39.7. The topological polar surface area (TPSA) is 298 Å². The van der Waals surface area contributed by atoms with Crippen molar-refractivity contribution in [3.63, 3.8) is 0 Å². The molecule has 0 aliphatic heterocycles. The van der Waals surface area contributed by atoms with Crippen LogP contribution in [0.5, 0.6) is 0 Å². The van der Waals surface area contributed by atoms with Crippen LogP contribution in [0.3, 0.4) is 0 Å². The highest BCUT2D eigenvalue weighted by Crippen LogP contribution is 2.28. The van der Waals surface area contributed by atoms with Crippen molar-refractivity contribution in [3.8, 4) is 11.4 Å². The molecule has 412 valence electrons. The van der Waals surface area contributed by atoms with Gasteiger partial charge in [0, 0.05) is 46.4 Å². The van der Waals surface area contributed by atoms with E-state index in [4.69, 9.17) is 34.0 Å². The predicted molar refractivity (Wildman–Crippen MR) is 258 cm³/mol. The lowest BCUT2D eigenvalue weighted by molar-refractivity contribution is -0.204. The molecule has 32 heteroatoms. The van der Waals surface area contributed by atoms with Crippen LogP contribution in [0.4, 0.5) is 44.7 Å². The number of urea groups is 2. The fraction of sp³-hybridized carbons (Fsp3) is 0.304. The summed E-state index contributed by atoms with van der Waals surface area (Å²) in [5.41, 5.74) is 0.519. The van der Waals surface area contributed by atoms with Gasteiger partial charge in [0.2, 0.25) is 0 Å². The Morgan fingerprint density at radius 2 is 0.962 bits per heavy atom. The Bertz CT molecular complexity index is 2940. The number of halogens is 10. The van der Waals surface area contributed by atoms with Gasteiger partial charge in [0.25, 0.3) is 11.8 Å². The van der Waals surface area contributed by atoms with Crippen LogP contribution in [0.1, 0.15) is 56.6 Å². The molecule has 4 heterocycles. The maximum absolute atomic E-state index is 13.2. The van der Waals surface area contributed by atoms with Crippen LogP contribution in [0.25, 0.3) is 11.4 Å². The normalized spacial score (nSPS) is 17.3. The van der Waals surface area contributed by atoms with Crippen LogP contribution in [0.15, 0.2) is 97.8 Å². The van der Waals surface area contributed by atoms with E-state index in [0.717, 1.165) is 0 Å². The second kappa shape index (κ2) is 24.4. The maximum atomic E-state index is 13.2. The van der Waals surface area contributed by atoms with Crippen molar-refractivity contribution in [2.45, 2.75) is 74.9 Å². The number of nitrogens with one attached hydrogen (secondary N) is 6. The van der Waals surface area contributed by atoms with Gasteiger partial charge in [-0.25, -0.2) is 47.7 Å². The summed E-state index contributed by atoms with van der Waals surface area (Å²) >= 11 is 11.6. The lowest BCUT2D eigenvalue weighted by Crippen LogP contribution is -2.50. The largest absolute Gasteiger partial charge is 0.416 e. The second-order valence-corrected chi connectivity index (χ2v) is 17.9. The summed E-state index contributed by atoms with van der Waals surface area (Å²) in [6.07, 6.45) is -12.5. The molecule has 2 saturated carbocycles. The molecule has 6 amide bonds. The molecule has 0 radical (unpaired) electrons. The highest BCUT2D eigenvalue weighted by molar-refractivity contribution is 6.31. The van der Waals surface area contributed by atoms with Crippen molar-refractivity contribution in [2.75, 3.05) is 13.1 Å². The van der Waals surface area contributed by atoms with Gasteiger partial charge in [-0.05, 0) is 72.8 Å². The van der Waals surface area contributed by atoms with Crippen LogP contribution in [0.2, 0.25) is 10.0 Å². The van der Waals surface area contributed by atoms with Gasteiger partial charge in [0.15, 0.2) is 35.2 Å². The Morgan fingerprint density at radius 1 is 0.615 bits per heavy atom. The van der Waals surface area contributed by atoms with E-state index in [1.54, 1.807) is 0 Å². The van der Waals surface area contributed by atoms with Gasteiger partial charge in [-0.2, -0.15) is 26.3 Å². The number of carbonyl (C=O) groups is 4. The van der Waals surface area contributed by atoms with Crippen molar-refractivity contribution in [3.05, 3.63) is 142 Å². The number of amidine groups is 2. The van der Waals surface area contributed by atoms with E-state index in [-0.39, 0.29) is 71.5 Å². The molecule has 8 N–H and O–H groups in total. The molecule has 22 nitrogen and oxygen atoms in total. The molecule has 8 rings (SSSR count). The van der Waals surface area contributed by atoms with Gasteiger partial charge in [-0.3, -0.25) is 30.2 Å². The molecule has 2 aliphatic rings. The zero-order chi connectivity index (χ0) is 56.6. The summed E-state index contributed by atoms with van der Waals surface area (Å²) in [7, 11) is 0. The standard InChI is InChI=1S/2C23H21ClF4N8O3/c2*24-13-5-3-12(4-6-13)20(29)35(10-17(37)23(26,27)28)22(39)31-9-18-32-11-36(34-18)16-2-1-7-30-19(16)21(38)33-15-8-14(15)25/h2*1-7,11,14-15,17,29,37H,8-10H2,(H,31,39)(H,33,38)/t14-,15+,17+;14-,15+,17-/m01/s1. The molecule has 0 spiro atoms. The van der Waals surface area contributed by atoms with E-state index in [9.17, 15) is 64.5 Å². The van der Waals surface area contributed by atoms with Crippen LogP contribution in [-0.4, -0.2) is 157 Å². The first-order chi connectivity index (χ1) is 36.9. The van der Waals surface area contributed by atoms with Crippen molar-refractivity contribution in [1.29, 1.82) is 10.8 Å². The summed E-state index contributed by atoms with van der Waals surface area (Å²) < 4.78 is 107. The molecular formula is C46H42Cl2F8N16O6. The number of hydrogen-bond acceptors (Lipinski definition) is 14. The number of amides is 6. The van der Waals surface area contributed by atoms with Crippen molar-refractivity contribution < 1.29 is 64.5 Å². The van der Waals surface area contributed by atoms with Crippen LogP contribution in [0, 0.1) is 10.8 Å². The summed E-state index contributed by atoms with van der Waals surface area (Å²) in [5.74, 6) is -2.41. The minimum atomic E-state index is -5.03. The van der Waals surface area contributed by atoms with E-state index in [1.807, 2.05) is 0 Å². The first-order valence-electron chi connectivity index (χ1n) is 22.8. The molecule has 2 fully saturated rings. The summed E-state index contributed by atoms with van der Waals surface area (Å²) in [6.45, 7) is -3.22. The number of hydrogen-bond donors (Lipinski definition) is 8. The van der Waals surface area contributed by atoms with Crippen LogP contribution in [-0.2, 0) is 13.1 Å². The Balaban J connectivity index is 0.000000226. The highest BCUT2D eigenvalue weighted by atomic mass is 35.5. The first-order valence-corrected chi connectivity index (χ1v) is 23.5. The van der Waals surface area contributed by atoms with Crippen LogP contribution < -0.4 is 21.3 Å². The van der Waals surface area contributed by atoms with Gasteiger partial charge in [-0.15, -0.1) is 10.2 Å². The Morgan fingerprint density at radius 3 is 1.28 bits per heavy atom. The minimum absolute atomic E-state index is 0.0129. The second-order valence-electron chi connectivity index (χ2n) is 17.0. The molecule has 4 aromatic heterocycles. The van der Waals surface area contributed by atoms with Crippen molar-refractivity contribution >= 4 is 58.7 Å². The maximum Gasteiger partial charge on any atom is 0.416 e. The lowest BCUT2D eigenvalue weighted by Gasteiger charge is -2.27. The summed E-state index contributed by atoms with van der Waals surface area (Å²) in [5, 5.41) is 54.2. The molecule has 0 unspecified atom stereocenters. The van der Waals surface area contributed by atoms with E-state index in [1.165, 1.54) is 107 Å². The smallest absolute Gasteiger partial charge is 0.382 e. The van der Waals surface area contributed by atoms with Gasteiger partial charge < -0.3 is 31.5 Å². The Hall–Kier alpha value is -8.22. The Kier molecular flexibility index (Phi) is 18.0. The number of pyridine rings is 2. The molecule has 6 aromatic rings. The van der Waals surface area contributed by atoms with Gasteiger partial charge in [0.05, 0.1) is 49.6 Å². The molecule has 2 aliphatic carbocycles. The number of carbonyl (C=O) groups excluding carboxylic acids is 4. The van der Waals surface area contributed by atoms with Gasteiger partial charge in [0.1, 0.15) is 36.7 Å². The van der Waals surface area contributed by atoms with E-state index in [2.05, 4.69) is 51.4 Å². The van der Waals surface area contributed by atoms with E-state index in [0.29, 0.717) is 19.8 Å². The number of nitrogens with zero attached hydrogens (tertiary/aromatic N) is 10. The molecule has 0 saturated heterocycles. The fourth-order valence-electron chi connectivity index (χ4n) is 6.73. The van der Waals surface area contributed by atoms with Crippen LogP contribution >= 0.6 is 23.2 Å². The number of benzene rings is 2. The third kappa shape index (κ3) is 15.0. The highest BCUT2D eigenvalue weighted by Gasteiger charge is 2.43. The third-order valence-electron chi connectivity index (χ3n) is 11.2. The predicted octanol–water partition coefficient (Wildman–Crippen LogP) is 5.23. The zero-order valence-corrected chi connectivity index (χ0v) is 41.2. The quantitative estimate of drug-likeness (QED) is 0.0351. The van der Waals surface area contributed by atoms with Gasteiger partial charge >= 0.3 is 24.4 Å². The minimum Gasteiger partial charge on any atom is -0.382 e. The molecule has 0 bridgehead atoms. The average Bonchev–Trinajstić information content (AvgIpc) is 4.13. The van der Waals surface area contributed by atoms with Crippen molar-refractivity contribution in [1.82, 2.24) is 70.6 Å². The lowest BCUT2D eigenvalue weighted by atomic mass is 10.2. The summed E-state index contributed by atoms with van der Waals surface area (Å²) in [6, 6.07) is 13.6. The molecular weight excluding hydrogens is 1100 g/mol. The monoisotopic (exact) mass is 1140 g/mol. The average molecular weight is 1140 g/mol. The first kappa shape index (κ1) is 57.5. The molecule has 2 aromatic carbocycles. The number of alkyl halides is 8. The van der Waals surface area contributed by atoms with E-state index < -0.39 is 97.6 Å². The number of aromatic nitrogens is 8. The fourth-order valence-corrected chi connectivity index (χ4v) is 6.99. The SMILES string of the molecule is N=C(c1ccc(Cl)cc1)N(C[C@@H](O)C(F)(F)F)C(=O)NCc1ncn(-c2cccnc2C(=O)N[C@@H]2C[C@@H]2F)n1.N=C(c1ccc(Cl)cc1)N(C[C@@H](O)C(F)(F)F)C(=O)NCc1ncn(-c2cccnc2C(=O)N[C@H]2C[C@H]2F)n1. The molecule has 6 atom stereocenters. The van der Waals surface area contributed by atoms with E-state index >= 15 is 0 Å². The number of rotatable bonds is 16. The third-order valence-corrected chi connectivity index (χ3v) is 11.7. The van der Waals surface area contributed by atoms with Crippen molar-refractivity contribution in [2.24, 2.45) is 0 Å². The Labute approximate surface area is 444 Å². The summed E-state index contributed by atoms with van der Waals surface area (Å²) in [4.78, 5) is 67.6.